The van der Waals surface area contributed by atoms with Crippen molar-refractivity contribution < 1.29 is 14.3 Å². The number of carbonyl (C=O) groups excluding carboxylic acids is 1. The number of methoxy groups -OCH3 is 1. The molecule has 0 spiro atoms. The minimum absolute atomic E-state index is 0.188. The Morgan fingerprint density at radius 1 is 1.71 bits per heavy atom. The summed E-state index contributed by atoms with van der Waals surface area (Å²) in [5.74, 6) is -0.188. The van der Waals surface area contributed by atoms with Crippen LogP contribution in [-0.2, 0) is 14.3 Å². The van der Waals surface area contributed by atoms with Crippen LogP contribution in [0.2, 0.25) is 0 Å². The lowest BCUT2D eigenvalue weighted by molar-refractivity contribution is -0.143. The van der Waals surface area contributed by atoms with E-state index in [9.17, 15) is 4.79 Å². The van der Waals surface area contributed by atoms with E-state index >= 15 is 0 Å². The van der Waals surface area contributed by atoms with E-state index in [0.29, 0.717) is 0 Å². The quantitative estimate of drug-likeness (QED) is 0.680. The molecule has 0 aromatic rings. The minimum atomic E-state index is -0.200. The molecule has 3 atom stereocenters. The van der Waals surface area contributed by atoms with Gasteiger partial charge in [0, 0.05) is 12.6 Å². The van der Waals surface area contributed by atoms with Crippen molar-refractivity contribution in [2.24, 2.45) is 0 Å². The lowest BCUT2D eigenvalue weighted by Crippen LogP contribution is -2.46. The Bertz CT molecular complexity index is 196. The average molecular weight is 201 g/mol. The topological polar surface area (TPSA) is 47.6 Å². The van der Waals surface area contributed by atoms with Crippen LogP contribution in [0.1, 0.15) is 26.7 Å². The highest BCUT2D eigenvalue weighted by molar-refractivity contribution is 5.75. The Morgan fingerprint density at radius 3 is 2.86 bits per heavy atom. The molecule has 1 rings (SSSR count). The molecule has 1 aliphatic rings. The van der Waals surface area contributed by atoms with Crippen LogP contribution in [0.25, 0.3) is 0 Å². The Kier molecular flexibility index (Phi) is 4.35. The van der Waals surface area contributed by atoms with Gasteiger partial charge in [-0.05, 0) is 19.8 Å². The molecule has 1 aliphatic heterocycles. The summed E-state index contributed by atoms with van der Waals surface area (Å²) >= 11 is 0. The molecule has 0 saturated carbocycles. The van der Waals surface area contributed by atoms with Gasteiger partial charge in [0.05, 0.1) is 13.2 Å². The van der Waals surface area contributed by atoms with E-state index in [-0.39, 0.29) is 24.2 Å². The number of esters is 1. The summed E-state index contributed by atoms with van der Waals surface area (Å²) in [5, 5.41) is 3.27. The smallest absolute Gasteiger partial charge is 0.322 e. The van der Waals surface area contributed by atoms with Crippen molar-refractivity contribution in [3.63, 3.8) is 0 Å². The van der Waals surface area contributed by atoms with Gasteiger partial charge in [0.25, 0.3) is 0 Å². The highest BCUT2D eigenvalue weighted by atomic mass is 16.5. The van der Waals surface area contributed by atoms with Crippen molar-refractivity contribution >= 4 is 5.97 Å². The van der Waals surface area contributed by atoms with E-state index in [4.69, 9.17) is 9.47 Å². The van der Waals surface area contributed by atoms with Crippen molar-refractivity contribution in [3.05, 3.63) is 0 Å². The summed E-state index contributed by atoms with van der Waals surface area (Å²) in [4.78, 5) is 11.3. The first-order chi connectivity index (χ1) is 6.69. The van der Waals surface area contributed by atoms with Crippen molar-refractivity contribution in [2.45, 2.75) is 44.9 Å². The molecule has 1 N–H and O–H groups in total. The first-order valence-corrected chi connectivity index (χ1v) is 5.14. The van der Waals surface area contributed by atoms with Gasteiger partial charge in [-0.1, -0.05) is 6.92 Å². The third kappa shape index (κ3) is 2.69. The number of nitrogens with one attached hydrogen (secondary N) is 1. The van der Waals surface area contributed by atoms with Crippen LogP contribution in [0.3, 0.4) is 0 Å². The molecule has 0 amide bonds. The van der Waals surface area contributed by atoms with Gasteiger partial charge in [0.1, 0.15) is 6.04 Å². The first-order valence-electron chi connectivity index (χ1n) is 5.14. The standard InChI is InChI=1S/C10H19NO3/c1-4-8(10(12)13-3)11-9-5-6-14-7(9)2/h7-9,11H,4-6H2,1-3H3. The Morgan fingerprint density at radius 2 is 2.43 bits per heavy atom. The van der Waals surface area contributed by atoms with Gasteiger partial charge in [0.15, 0.2) is 0 Å². The molecule has 3 unspecified atom stereocenters. The SMILES string of the molecule is CCC(NC1CCOC1C)C(=O)OC. The maximum Gasteiger partial charge on any atom is 0.322 e. The number of hydrogen-bond acceptors (Lipinski definition) is 4. The summed E-state index contributed by atoms with van der Waals surface area (Å²) in [6.45, 7) is 4.76. The Labute approximate surface area is 85.0 Å². The normalized spacial score (nSPS) is 28.8. The van der Waals surface area contributed by atoms with Crippen LogP contribution < -0.4 is 5.32 Å². The maximum atomic E-state index is 11.3. The van der Waals surface area contributed by atoms with Crippen molar-refractivity contribution in [1.82, 2.24) is 5.32 Å². The Hall–Kier alpha value is -0.610. The summed E-state index contributed by atoms with van der Waals surface area (Å²) in [5.41, 5.74) is 0. The molecule has 1 fully saturated rings. The molecule has 14 heavy (non-hydrogen) atoms. The van der Waals surface area contributed by atoms with E-state index < -0.39 is 0 Å². The van der Waals surface area contributed by atoms with E-state index in [1.165, 1.54) is 7.11 Å². The van der Waals surface area contributed by atoms with Gasteiger partial charge in [0.2, 0.25) is 0 Å². The van der Waals surface area contributed by atoms with Crippen LogP contribution in [0.4, 0.5) is 0 Å². The van der Waals surface area contributed by atoms with Gasteiger partial charge >= 0.3 is 5.97 Å². The van der Waals surface area contributed by atoms with E-state index in [2.05, 4.69) is 5.32 Å². The van der Waals surface area contributed by atoms with Gasteiger partial charge in [-0.2, -0.15) is 0 Å². The second kappa shape index (κ2) is 5.32. The molecule has 4 heteroatoms. The molecular formula is C10H19NO3. The van der Waals surface area contributed by atoms with Gasteiger partial charge in [-0.3, -0.25) is 10.1 Å². The van der Waals surface area contributed by atoms with Gasteiger partial charge in [-0.25, -0.2) is 0 Å². The molecule has 1 saturated heterocycles. The van der Waals surface area contributed by atoms with Crippen LogP contribution in [0.15, 0.2) is 0 Å². The zero-order chi connectivity index (χ0) is 10.6. The average Bonchev–Trinajstić information content (AvgIpc) is 2.59. The molecule has 4 nitrogen and oxygen atoms in total. The minimum Gasteiger partial charge on any atom is -0.468 e. The molecule has 0 aromatic carbocycles. The zero-order valence-electron chi connectivity index (χ0n) is 9.08. The van der Waals surface area contributed by atoms with Crippen molar-refractivity contribution in [3.8, 4) is 0 Å². The van der Waals surface area contributed by atoms with Crippen LogP contribution in [0.5, 0.6) is 0 Å². The largest absolute Gasteiger partial charge is 0.468 e. The van der Waals surface area contributed by atoms with Crippen LogP contribution in [0, 0.1) is 0 Å². The fourth-order valence-corrected chi connectivity index (χ4v) is 1.70. The summed E-state index contributed by atoms with van der Waals surface area (Å²) < 4.78 is 10.1. The van der Waals surface area contributed by atoms with Crippen LogP contribution >= 0.6 is 0 Å². The van der Waals surface area contributed by atoms with Gasteiger partial charge < -0.3 is 9.47 Å². The summed E-state index contributed by atoms with van der Waals surface area (Å²) in [6, 6.07) is 0.0770. The lowest BCUT2D eigenvalue weighted by atomic mass is 10.1. The molecule has 1 heterocycles. The summed E-state index contributed by atoms with van der Waals surface area (Å²) in [7, 11) is 1.42. The molecule has 0 radical (unpaired) electrons. The third-order valence-electron chi connectivity index (χ3n) is 2.69. The van der Waals surface area contributed by atoms with Crippen molar-refractivity contribution in [1.29, 1.82) is 0 Å². The van der Waals surface area contributed by atoms with E-state index in [1.807, 2.05) is 13.8 Å². The number of rotatable bonds is 4. The summed E-state index contributed by atoms with van der Waals surface area (Å²) in [6.07, 6.45) is 1.90. The monoisotopic (exact) mass is 201 g/mol. The third-order valence-corrected chi connectivity index (χ3v) is 2.69. The second-order valence-corrected chi connectivity index (χ2v) is 3.62. The fraction of sp³-hybridized carbons (Fsp3) is 0.900. The number of hydrogen-bond donors (Lipinski definition) is 1. The zero-order valence-corrected chi connectivity index (χ0v) is 9.08. The first kappa shape index (κ1) is 11.5. The molecular weight excluding hydrogens is 182 g/mol. The highest BCUT2D eigenvalue weighted by Gasteiger charge is 2.28. The number of carbonyl (C=O) groups is 1. The Balaban J connectivity index is 2.43. The van der Waals surface area contributed by atoms with E-state index in [0.717, 1.165) is 19.4 Å². The maximum absolute atomic E-state index is 11.3. The van der Waals surface area contributed by atoms with Crippen molar-refractivity contribution in [2.75, 3.05) is 13.7 Å². The van der Waals surface area contributed by atoms with Gasteiger partial charge in [-0.15, -0.1) is 0 Å². The van der Waals surface area contributed by atoms with Crippen LogP contribution in [-0.4, -0.2) is 37.9 Å². The molecule has 82 valence electrons. The fourth-order valence-electron chi connectivity index (χ4n) is 1.70. The highest BCUT2D eigenvalue weighted by Crippen LogP contribution is 2.14. The molecule has 0 aromatic heterocycles. The van der Waals surface area contributed by atoms with E-state index in [1.54, 1.807) is 0 Å². The second-order valence-electron chi connectivity index (χ2n) is 3.62. The predicted molar refractivity (Wildman–Crippen MR) is 53.0 cm³/mol. The number of ether oxygens (including phenoxy) is 2. The predicted octanol–water partition coefficient (Wildman–Crippen LogP) is 0.705. The molecule has 0 bridgehead atoms. The molecule has 0 aliphatic carbocycles. The lowest BCUT2D eigenvalue weighted by Gasteiger charge is -2.21.